The summed E-state index contributed by atoms with van der Waals surface area (Å²) in [6.45, 7) is 8.14. The van der Waals surface area contributed by atoms with E-state index in [1.807, 2.05) is 64.1 Å². The van der Waals surface area contributed by atoms with Gasteiger partial charge in [0.05, 0.1) is 5.69 Å². The highest BCUT2D eigenvalue weighted by Crippen LogP contribution is 2.27. The normalized spacial score (nSPS) is 17.1. The van der Waals surface area contributed by atoms with Gasteiger partial charge in [0, 0.05) is 31.6 Å². The molecule has 2 aliphatic heterocycles. The first-order chi connectivity index (χ1) is 17.7. The number of carbonyl (C=O) groups excluding carboxylic acids is 4. The number of benzene rings is 2. The lowest BCUT2D eigenvalue weighted by Gasteiger charge is -2.36. The Labute approximate surface area is 217 Å². The quantitative estimate of drug-likeness (QED) is 0.532. The molecule has 0 spiro atoms. The second-order valence-electron chi connectivity index (χ2n) is 9.82. The van der Waals surface area contributed by atoms with E-state index in [1.54, 1.807) is 0 Å². The molecule has 2 aromatic carbocycles. The van der Waals surface area contributed by atoms with Gasteiger partial charge in [0.2, 0.25) is 17.7 Å². The van der Waals surface area contributed by atoms with Gasteiger partial charge in [0.15, 0.2) is 6.04 Å². The van der Waals surface area contributed by atoms with E-state index in [0.717, 1.165) is 22.3 Å². The average Bonchev–Trinajstić information content (AvgIpc) is 3.46. The Hall–Kier alpha value is -3.88. The number of nitrogens with one attached hydrogen (secondary N) is 2. The molecular weight excluding hydrogens is 472 g/mol. The van der Waals surface area contributed by atoms with Crippen LogP contribution in [0.1, 0.15) is 47.9 Å². The van der Waals surface area contributed by atoms with Crippen molar-refractivity contribution >= 4 is 35.1 Å². The number of likely N-dealkylation sites (tertiary alicyclic amines) is 2. The van der Waals surface area contributed by atoms with Gasteiger partial charge in [-0.3, -0.25) is 14.4 Å². The van der Waals surface area contributed by atoms with Gasteiger partial charge in [-0.25, -0.2) is 10.3 Å². The van der Waals surface area contributed by atoms with Crippen molar-refractivity contribution < 1.29 is 24.0 Å². The topological polar surface area (TPSA) is 108 Å². The molecule has 2 fully saturated rings. The van der Waals surface area contributed by atoms with Crippen molar-refractivity contribution in [2.75, 3.05) is 23.9 Å². The highest BCUT2D eigenvalue weighted by atomic mass is 16.7. The lowest BCUT2D eigenvalue weighted by atomic mass is 10.0. The summed E-state index contributed by atoms with van der Waals surface area (Å²) in [6.07, 6.45) is 1.69. The average molecular weight is 507 g/mol. The highest BCUT2D eigenvalue weighted by molar-refractivity contribution is 6.03. The summed E-state index contributed by atoms with van der Waals surface area (Å²) in [5, 5.41) is 2.94. The van der Waals surface area contributed by atoms with Crippen molar-refractivity contribution in [1.82, 2.24) is 9.80 Å². The van der Waals surface area contributed by atoms with E-state index in [4.69, 9.17) is 4.84 Å². The van der Waals surface area contributed by atoms with Crippen molar-refractivity contribution in [2.24, 2.45) is 0 Å². The zero-order valence-corrected chi connectivity index (χ0v) is 21.8. The van der Waals surface area contributed by atoms with E-state index in [9.17, 15) is 19.2 Å². The van der Waals surface area contributed by atoms with Crippen LogP contribution in [0.4, 0.5) is 11.4 Å². The Morgan fingerprint density at radius 3 is 1.68 bits per heavy atom. The molecular formula is C28H34N4O5. The molecule has 196 valence electrons. The molecule has 2 atom stereocenters. The highest BCUT2D eigenvalue weighted by Gasteiger charge is 2.48. The molecule has 9 heteroatoms. The largest absolute Gasteiger partial charge is 0.357 e. The molecule has 2 unspecified atom stereocenters. The first-order valence-corrected chi connectivity index (χ1v) is 12.7. The van der Waals surface area contributed by atoms with E-state index < -0.39 is 24.0 Å². The Balaban J connectivity index is 1.70. The molecule has 0 saturated carbocycles. The van der Waals surface area contributed by atoms with Gasteiger partial charge in [0.25, 0.3) is 0 Å². The molecule has 0 bridgehead atoms. The summed E-state index contributed by atoms with van der Waals surface area (Å²) >= 11 is 0. The van der Waals surface area contributed by atoms with Crippen molar-refractivity contribution in [1.29, 1.82) is 0 Å². The first-order valence-electron chi connectivity index (χ1n) is 12.7. The molecule has 4 rings (SSSR count). The van der Waals surface area contributed by atoms with Crippen LogP contribution in [0, 0.1) is 27.7 Å². The van der Waals surface area contributed by atoms with Gasteiger partial charge >= 0.3 is 5.97 Å². The predicted molar refractivity (Wildman–Crippen MR) is 140 cm³/mol. The van der Waals surface area contributed by atoms with Crippen molar-refractivity contribution in [3.05, 3.63) is 58.7 Å². The minimum atomic E-state index is -1.29. The number of nitrogens with zero attached hydrogens (tertiary/aromatic N) is 2. The fraction of sp³-hybridized carbons (Fsp3) is 0.429. The Kier molecular flexibility index (Phi) is 7.80. The van der Waals surface area contributed by atoms with Crippen LogP contribution in [-0.4, -0.2) is 58.7 Å². The zero-order chi connectivity index (χ0) is 26.7. The molecule has 2 saturated heterocycles. The molecule has 37 heavy (non-hydrogen) atoms. The fourth-order valence-corrected chi connectivity index (χ4v) is 5.15. The molecule has 2 aliphatic rings. The number of hydrogen-bond donors (Lipinski definition) is 2. The van der Waals surface area contributed by atoms with Crippen LogP contribution in [0.15, 0.2) is 36.4 Å². The summed E-state index contributed by atoms with van der Waals surface area (Å²) in [5.74, 6) is -1.79. The monoisotopic (exact) mass is 506 g/mol. The van der Waals surface area contributed by atoms with Crippen molar-refractivity contribution in [2.45, 2.75) is 65.5 Å². The fourth-order valence-electron chi connectivity index (χ4n) is 5.15. The summed E-state index contributed by atoms with van der Waals surface area (Å²) in [4.78, 5) is 61.6. The van der Waals surface area contributed by atoms with Crippen molar-refractivity contribution in [3.8, 4) is 0 Å². The van der Waals surface area contributed by atoms with Gasteiger partial charge in [-0.05, 0) is 62.8 Å². The number of amides is 3. The SMILES string of the molecule is Cc1cccc(C)c1NOC(=O)C(C(C(=O)Nc1c(C)cccc1C)N1CCCC1=O)N1CCCC1=O. The molecule has 9 nitrogen and oxygen atoms in total. The maximum atomic E-state index is 13.9. The van der Waals surface area contributed by atoms with Gasteiger partial charge in [-0.15, -0.1) is 0 Å². The first kappa shape index (κ1) is 26.2. The minimum absolute atomic E-state index is 0.228. The van der Waals surface area contributed by atoms with Crippen LogP contribution in [-0.2, 0) is 24.0 Å². The van der Waals surface area contributed by atoms with Gasteiger partial charge in [0.1, 0.15) is 6.04 Å². The summed E-state index contributed by atoms with van der Waals surface area (Å²) in [6, 6.07) is 8.79. The molecule has 2 aromatic rings. The van der Waals surface area contributed by atoms with E-state index in [1.165, 1.54) is 9.80 Å². The third kappa shape index (κ3) is 5.45. The maximum Gasteiger partial charge on any atom is 0.357 e. The molecule has 0 radical (unpaired) electrons. The second-order valence-corrected chi connectivity index (χ2v) is 9.82. The summed E-state index contributed by atoms with van der Waals surface area (Å²) in [7, 11) is 0. The predicted octanol–water partition coefficient (Wildman–Crippen LogP) is 3.41. The number of hydrogen-bond acceptors (Lipinski definition) is 6. The zero-order valence-electron chi connectivity index (χ0n) is 21.8. The van der Waals surface area contributed by atoms with Crippen LogP contribution in [0.5, 0.6) is 0 Å². The van der Waals surface area contributed by atoms with Crippen LogP contribution < -0.4 is 10.8 Å². The number of aryl methyl sites for hydroxylation is 4. The van der Waals surface area contributed by atoms with E-state index in [-0.39, 0.29) is 24.7 Å². The van der Waals surface area contributed by atoms with E-state index in [0.29, 0.717) is 37.3 Å². The molecule has 0 aromatic heterocycles. The summed E-state index contributed by atoms with van der Waals surface area (Å²) in [5.41, 5.74) is 7.46. The Morgan fingerprint density at radius 2 is 1.22 bits per heavy atom. The van der Waals surface area contributed by atoms with Crippen molar-refractivity contribution in [3.63, 3.8) is 0 Å². The molecule has 2 N–H and O–H groups in total. The standard InChI is InChI=1S/C28H34N4O5/c1-17-9-5-10-18(2)23(17)29-27(35)25(31-15-7-13-21(31)33)26(32-16-8-14-22(32)34)28(36)37-30-24-19(3)11-6-12-20(24)4/h5-6,9-12,25-26,30H,7-8,13-16H2,1-4H3,(H,29,35). The third-order valence-corrected chi connectivity index (χ3v) is 7.16. The van der Waals surface area contributed by atoms with Crippen LogP contribution in [0.3, 0.4) is 0 Å². The lowest BCUT2D eigenvalue weighted by Crippen LogP contribution is -2.61. The summed E-state index contributed by atoms with van der Waals surface area (Å²) < 4.78 is 0. The van der Waals surface area contributed by atoms with Crippen LogP contribution >= 0.6 is 0 Å². The van der Waals surface area contributed by atoms with Crippen LogP contribution in [0.2, 0.25) is 0 Å². The molecule has 0 aliphatic carbocycles. The van der Waals surface area contributed by atoms with Gasteiger partial charge in [-0.1, -0.05) is 36.4 Å². The minimum Gasteiger partial charge on any atom is -0.341 e. The van der Waals surface area contributed by atoms with E-state index >= 15 is 0 Å². The van der Waals surface area contributed by atoms with Gasteiger partial charge < -0.3 is 20.0 Å². The number of anilines is 2. The Morgan fingerprint density at radius 1 is 0.757 bits per heavy atom. The third-order valence-electron chi connectivity index (χ3n) is 7.16. The molecule has 2 heterocycles. The molecule has 3 amide bonds. The van der Waals surface area contributed by atoms with Crippen LogP contribution in [0.25, 0.3) is 0 Å². The second kappa shape index (κ2) is 11.0. The number of para-hydroxylation sites is 2. The Bertz CT molecular complexity index is 1190. The lowest BCUT2D eigenvalue weighted by molar-refractivity contribution is -0.158. The van der Waals surface area contributed by atoms with E-state index in [2.05, 4.69) is 10.8 Å². The maximum absolute atomic E-state index is 13.9. The van der Waals surface area contributed by atoms with Gasteiger partial charge in [-0.2, -0.15) is 0 Å². The number of rotatable bonds is 8. The smallest absolute Gasteiger partial charge is 0.341 e. The number of carbonyl (C=O) groups is 4.